The number of H-pyrrole nitrogens is 1. The van der Waals surface area contributed by atoms with Crippen LogP contribution in [0.5, 0.6) is 0 Å². The quantitative estimate of drug-likeness (QED) is 0.754. The number of hydrogen-bond acceptors (Lipinski definition) is 2. The predicted octanol–water partition coefficient (Wildman–Crippen LogP) is 3.52. The molecule has 1 aromatic carbocycles. The summed E-state index contributed by atoms with van der Waals surface area (Å²) in [5.41, 5.74) is 2.92. The molecule has 0 saturated carbocycles. The Morgan fingerprint density at radius 3 is 2.89 bits per heavy atom. The van der Waals surface area contributed by atoms with E-state index in [1.165, 1.54) is 0 Å². The molecular formula is C14H11NO2S. The van der Waals surface area contributed by atoms with Crippen molar-refractivity contribution in [1.29, 1.82) is 0 Å². The van der Waals surface area contributed by atoms with Crippen LogP contribution < -0.4 is 0 Å². The van der Waals surface area contributed by atoms with E-state index in [0.29, 0.717) is 0 Å². The highest BCUT2D eigenvalue weighted by molar-refractivity contribution is 7.13. The number of hydrogen-bond donors (Lipinski definition) is 2. The number of benzene rings is 1. The molecular weight excluding hydrogens is 246 g/mol. The minimum absolute atomic E-state index is 0.0637. The largest absolute Gasteiger partial charge is 0.481 e. The van der Waals surface area contributed by atoms with Gasteiger partial charge in [0.25, 0.3) is 0 Å². The molecule has 90 valence electrons. The molecule has 0 saturated heterocycles. The van der Waals surface area contributed by atoms with Crippen molar-refractivity contribution >= 4 is 28.2 Å². The summed E-state index contributed by atoms with van der Waals surface area (Å²) in [5, 5.41) is 12.0. The number of nitrogens with one attached hydrogen (secondary N) is 1. The molecule has 4 heteroatoms. The molecule has 3 nitrogen and oxygen atoms in total. The molecule has 0 unspecified atom stereocenters. The third-order valence-electron chi connectivity index (χ3n) is 2.86. The van der Waals surface area contributed by atoms with Crippen molar-refractivity contribution in [3.05, 3.63) is 47.3 Å². The lowest BCUT2D eigenvalue weighted by atomic mass is 10.1. The van der Waals surface area contributed by atoms with E-state index in [1.807, 2.05) is 35.7 Å². The lowest BCUT2D eigenvalue weighted by Crippen LogP contribution is -1.99. The zero-order chi connectivity index (χ0) is 12.5. The standard InChI is InChI=1S/C14H11NO2S/c16-13(17)8-10-5-6-18-14(10)12-7-9-3-1-2-4-11(9)15-12/h1-7,15H,8H2,(H,16,17). The van der Waals surface area contributed by atoms with Crippen molar-refractivity contribution in [1.82, 2.24) is 4.98 Å². The van der Waals surface area contributed by atoms with E-state index in [4.69, 9.17) is 5.11 Å². The summed E-state index contributed by atoms with van der Waals surface area (Å²) >= 11 is 1.57. The second-order valence-electron chi connectivity index (χ2n) is 4.12. The Kier molecular flexibility index (Phi) is 2.64. The van der Waals surface area contributed by atoms with Crippen LogP contribution in [0.3, 0.4) is 0 Å². The van der Waals surface area contributed by atoms with Crippen LogP contribution in [0.2, 0.25) is 0 Å². The molecule has 0 fully saturated rings. The summed E-state index contributed by atoms with van der Waals surface area (Å²) in [4.78, 5) is 15.2. The maximum atomic E-state index is 10.8. The average molecular weight is 257 g/mol. The summed E-state index contributed by atoms with van der Waals surface area (Å²) in [6.07, 6.45) is 0.0637. The number of fused-ring (bicyclic) bond motifs is 1. The van der Waals surface area contributed by atoms with E-state index in [-0.39, 0.29) is 6.42 Å². The van der Waals surface area contributed by atoms with Gasteiger partial charge in [0.1, 0.15) is 0 Å². The van der Waals surface area contributed by atoms with Crippen molar-refractivity contribution in [3.63, 3.8) is 0 Å². The van der Waals surface area contributed by atoms with E-state index >= 15 is 0 Å². The lowest BCUT2D eigenvalue weighted by molar-refractivity contribution is -0.136. The van der Waals surface area contributed by atoms with Gasteiger partial charge in [0.05, 0.1) is 17.0 Å². The molecule has 2 N–H and O–H groups in total. The van der Waals surface area contributed by atoms with Gasteiger partial charge in [0.2, 0.25) is 0 Å². The SMILES string of the molecule is O=C(O)Cc1ccsc1-c1cc2ccccc2[nH]1. The van der Waals surface area contributed by atoms with Gasteiger partial charge in [-0.3, -0.25) is 4.79 Å². The molecule has 0 aliphatic carbocycles. The van der Waals surface area contributed by atoms with Crippen LogP contribution in [-0.2, 0) is 11.2 Å². The monoisotopic (exact) mass is 257 g/mol. The van der Waals surface area contributed by atoms with E-state index in [0.717, 1.165) is 27.0 Å². The summed E-state index contributed by atoms with van der Waals surface area (Å²) in [6, 6.07) is 12.0. The molecule has 3 rings (SSSR count). The number of rotatable bonds is 3. The van der Waals surface area contributed by atoms with Crippen LogP contribution in [0.4, 0.5) is 0 Å². The fraction of sp³-hybridized carbons (Fsp3) is 0.0714. The third kappa shape index (κ3) is 1.91. The Labute approximate surface area is 108 Å². The van der Waals surface area contributed by atoms with Gasteiger partial charge in [-0.25, -0.2) is 0 Å². The first-order valence-electron chi connectivity index (χ1n) is 5.60. The van der Waals surface area contributed by atoms with Gasteiger partial charge in [-0.05, 0) is 29.1 Å². The molecule has 0 spiro atoms. The number of aromatic nitrogens is 1. The average Bonchev–Trinajstić information content (AvgIpc) is 2.93. The zero-order valence-corrected chi connectivity index (χ0v) is 10.3. The number of para-hydroxylation sites is 1. The third-order valence-corrected chi connectivity index (χ3v) is 3.85. The lowest BCUT2D eigenvalue weighted by Gasteiger charge is -1.98. The van der Waals surface area contributed by atoms with Crippen LogP contribution in [0.25, 0.3) is 21.5 Å². The van der Waals surface area contributed by atoms with Gasteiger partial charge in [-0.2, -0.15) is 0 Å². The summed E-state index contributed by atoms with van der Waals surface area (Å²) in [5.74, 6) is -0.800. The molecule has 0 bridgehead atoms. The Hall–Kier alpha value is -2.07. The van der Waals surface area contributed by atoms with Gasteiger partial charge >= 0.3 is 5.97 Å². The minimum atomic E-state index is -0.800. The molecule has 18 heavy (non-hydrogen) atoms. The molecule has 3 aromatic rings. The van der Waals surface area contributed by atoms with Gasteiger partial charge in [-0.1, -0.05) is 18.2 Å². The number of carboxylic acids is 1. The molecule has 0 aliphatic rings. The first kappa shape index (κ1) is 11.0. The zero-order valence-electron chi connectivity index (χ0n) is 9.51. The van der Waals surface area contributed by atoms with Gasteiger partial charge in [0, 0.05) is 10.9 Å². The second-order valence-corrected chi connectivity index (χ2v) is 5.03. The van der Waals surface area contributed by atoms with Crippen molar-refractivity contribution < 1.29 is 9.90 Å². The van der Waals surface area contributed by atoms with Crippen molar-refractivity contribution in [2.24, 2.45) is 0 Å². The minimum Gasteiger partial charge on any atom is -0.481 e. The molecule has 2 heterocycles. The van der Waals surface area contributed by atoms with Crippen molar-refractivity contribution in [2.45, 2.75) is 6.42 Å². The van der Waals surface area contributed by atoms with E-state index in [9.17, 15) is 4.79 Å². The van der Waals surface area contributed by atoms with E-state index in [2.05, 4.69) is 11.1 Å². The number of aromatic amines is 1. The van der Waals surface area contributed by atoms with Crippen LogP contribution in [0.15, 0.2) is 41.8 Å². The number of carboxylic acid groups (broad SMARTS) is 1. The van der Waals surface area contributed by atoms with Gasteiger partial charge in [0.15, 0.2) is 0 Å². The number of carbonyl (C=O) groups is 1. The highest BCUT2D eigenvalue weighted by atomic mass is 32.1. The second kappa shape index (κ2) is 4.31. The van der Waals surface area contributed by atoms with Crippen molar-refractivity contribution in [3.8, 4) is 10.6 Å². The van der Waals surface area contributed by atoms with Crippen LogP contribution in [0, 0.1) is 0 Å². The molecule has 0 atom stereocenters. The first-order chi connectivity index (χ1) is 8.74. The highest BCUT2D eigenvalue weighted by Crippen LogP contribution is 2.31. The summed E-state index contributed by atoms with van der Waals surface area (Å²) in [6.45, 7) is 0. The predicted molar refractivity (Wildman–Crippen MR) is 73.0 cm³/mol. The Morgan fingerprint density at radius 2 is 2.11 bits per heavy atom. The smallest absolute Gasteiger partial charge is 0.307 e. The number of thiophene rings is 1. The van der Waals surface area contributed by atoms with E-state index in [1.54, 1.807) is 11.3 Å². The van der Waals surface area contributed by atoms with E-state index < -0.39 is 5.97 Å². The number of aliphatic carboxylic acids is 1. The highest BCUT2D eigenvalue weighted by Gasteiger charge is 2.12. The Balaban J connectivity index is 2.08. The Morgan fingerprint density at radius 1 is 1.28 bits per heavy atom. The molecule has 0 radical (unpaired) electrons. The Bertz CT molecular complexity index is 678. The van der Waals surface area contributed by atoms with Crippen LogP contribution >= 0.6 is 11.3 Å². The molecule has 2 aromatic heterocycles. The topological polar surface area (TPSA) is 53.1 Å². The maximum absolute atomic E-state index is 10.8. The summed E-state index contributed by atoms with van der Waals surface area (Å²) < 4.78 is 0. The summed E-state index contributed by atoms with van der Waals surface area (Å²) in [7, 11) is 0. The van der Waals surface area contributed by atoms with Crippen molar-refractivity contribution in [2.75, 3.05) is 0 Å². The van der Waals surface area contributed by atoms with Crippen LogP contribution in [-0.4, -0.2) is 16.1 Å². The fourth-order valence-electron chi connectivity index (χ4n) is 2.07. The van der Waals surface area contributed by atoms with Gasteiger partial charge in [-0.15, -0.1) is 11.3 Å². The molecule has 0 amide bonds. The maximum Gasteiger partial charge on any atom is 0.307 e. The van der Waals surface area contributed by atoms with Crippen LogP contribution in [0.1, 0.15) is 5.56 Å². The normalized spacial score (nSPS) is 10.9. The first-order valence-corrected chi connectivity index (χ1v) is 6.48. The fourth-order valence-corrected chi connectivity index (χ4v) is 2.97. The van der Waals surface area contributed by atoms with Gasteiger partial charge < -0.3 is 10.1 Å². The molecule has 0 aliphatic heterocycles.